The average Bonchev–Trinajstić information content (AvgIpc) is 2.87. The van der Waals surface area contributed by atoms with Crippen LogP contribution in [0.25, 0.3) is 0 Å². The van der Waals surface area contributed by atoms with Crippen molar-refractivity contribution in [2.24, 2.45) is 0 Å². The van der Waals surface area contributed by atoms with Gasteiger partial charge in [-0.25, -0.2) is 0 Å². The van der Waals surface area contributed by atoms with Gasteiger partial charge < -0.3 is 15.2 Å². The largest absolute Gasteiger partial charge is 0.360 e. The SMILES string of the molecule is Cc1ccc(NC(=O)c2noc3c2CNCC3)cc1C. The Labute approximate surface area is 117 Å². The Morgan fingerprint density at radius 2 is 2.20 bits per heavy atom. The van der Waals surface area contributed by atoms with Gasteiger partial charge in [0, 0.05) is 30.8 Å². The maximum atomic E-state index is 12.3. The van der Waals surface area contributed by atoms with Crippen LogP contribution in [0.15, 0.2) is 22.7 Å². The molecule has 0 saturated heterocycles. The number of carbonyl (C=O) groups is 1. The summed E-state index contributed by atoms with van der Waals surface area (Å²) in [6.45, 7) is 5.56. The molecule has 104 valence electrons. The molecule has 2 aromatic rings. The standard InChI is InChI=1S/C15H17N3O2/c1-9-3-4-11(7-10(9)2)17-15(19)14-12-8-16-6-5-13(12)20-18-14/h3-4,7,16H,5-6,8H2,1-2H3,(H,17,19). The van der Waals surface area contributed by atoms with Crippen molar-refractivity contribution in [3.63, 3.8) is 0 Å². The summed E-state index contributed by atoms with van der Waals surface area (Å²) in [6.07, 6.45) is 0.777. The fourth-order valence-electron chi connectivity index (χ4n) is 2.33. The topological polar surface area (TPSA) is 67.2 Å². The average molecular weight is 271 g/mol. The highest BCUT2D eigenvalue weighted by Gasteiger charge is 2.23. The van der Waals surface area contributed by atoms with Crippen LogP contribution in [0.3, 0.4) is 0 Å². The lowest BCUT2D eigenvalue weighted by Gasteiger charge is -2.11. The van der Waals surface area contributed by atoms with Crippen LogP contribution >= 0.6 is 0 Å². The summed E-state index contributed by atoms with van der Waals surface area (Å²) >= 11 is 0. The van der Waals surface area contributed by atoms with Gasteiger partial charge in [0.05, 0.1) is 0 Å². The van der Waals surface area contributed by atoms with Gasteiger partial charge in [0.1, 0.15) is 5.76 Å². The van der Waals surface area contributed by atoms with E-state index in [2.05, 4.69) is 15.8 Å². The molecular weight excluding hydrogens is 254 g/mol. The molecule has 0 fully saturated rings. The van der Waals surface area contributed by atoms with Crippen LogP contribution in [0.5, 0.6) is 0 Å². The van der Waals surface area contributed by atoms with Crippen molar-refractivity contribution in [2.45, 2.75) is 26.8 Å². The molecule has 20 heavy (non-hydrogen) atoms. The number of aryl methyl sites for hydroxylation is 2. The molecule has 0 radical (unpaired) electrons. The molecule has 2 N–H and O–H groups in total. The molecule has 2 heterocycles. The normalized spacial score (nSPS) is 13.9. The molecule has 0 bridgehead atoms. The number of amides is 1. The van der Waals surface area contributed by atoms with Crippen molar-refractivity contribution in [2.75, 3.05) is 11.9 Å². The second-order valence-electron chi connectivity index (χ2n) is 5.11. The Balaban J connectivity index is 1.82. The third kappa shape index (κ3) is 2.32. The van der Waals surface area contributed by atoms with Crippen LogP contribution in [0.4, 0.5) is 5.69 Å². The predicted octanol–water partition coefficient (Wildman–Crippen LogP) is 2.19. The highest BCUT2D eigenvalue weighted by atomic mass is 16.5. The van der Waals surface area contributed by atoms with E-state index in [1.807, 2.05) is 32.0 Å². The van der Waals surface area contributed by atoms with E-state index in [-0.39, 0.29) is 5.91 Å². The molecule has 1 aliphatic heterocycles. The smallest absolute Gasteiger partial charge is 0.278 e. The van der Waals surface area contributed by atoms with Crippen molar-refractivity contribution in [3.05, 3.63) is 46.3 Å². The van der Waals surface area contributed by atoms with Gasteiger partial charge in [0.2, 0.25) is 0 Å². The van der Waals surface area contributed by atoms with Crippen LogP contribution in [0.2, 0.25) is 0 Å². The Bertz CT molecular complexity index is 661. The maximum Gasteiger partial charge on any atom is 0.278 e. The van der Waals surface area contributed by atoms with E-state index in [4.69, 9.17) is 4.52 Å². The van der Waals surface area contributed by atoms with E-state index < -0.39 is 0 Å². The van der Waals surface area contributed by atoms with Crippen molar-refractivity contribution < 1.29 is 9.32 Å². The van der Waals surface area contributed by atoms with Crippen molar-refractivity contribution in [1.29, 1.82) is 0 Å². The first-order chi connectivity index (χ1) is 9.65. The van der Waals surface area contributed by atoms with Crippen LogP contribution in [0.1, 0.15) is 32.9 Å². The van der Waals surface area contributed by atoms with Gasteiger partial charge in [0.25, 0.3) is 5.91 Å². The third-order valence-electron chi connectivity index (χ3n) is 3.68. The first kappa shape index (κ1) is 12.9. The highest BCUT2D eigenvalue weighted by Crippen LogP contribution is 2.20. The first-order valence-corrected chi connectivity index (χ1v) is 6.72. The van der Waals surface area contributed by atoms with Crippen LogP contribution in [-0.2, 0) is 13.0 Å². The number of hydrogen-bond acceptors (Lipinski definition) is 4. The number of carbonyl (C=O) groups excluding carboxylic acids is 1. The molecule has 0 saturated carbocycles. The predicted molar refractivity (Wildman–Crippen MR) is 75.8 cm³/mol. The molecule has 5 heteroatoms. The Morgan fingerprint density at radius 3 is 3.00 bits per heavy atom. The molecule has 0 atom stereocenters. The summed E-state index contributed by atoms with van der Waals surface area (Å²) in [4.78, 5) is 12.3. The van der Waals surface area contributed by atoms with Crippen molar-refractivity contribution in [1.82, 2.24) is 10.5 Å². The van der Waals surface area contributed by atoms with E-state index in [9.17, 15) is 4.79 Å². The number of rotatable bonds is 2. The molecule has 0 spiro atoms. The fourth-order valence-corrected chi connectivity index (χ4v) is 2.33. The molecule has 1 aromatic heterocycles. The van der Waals surface area contributed by atoms with Gasteiger partial charge in [-0.2, -0.15) is 0 Å². The summed E-state index contributed by atoms with van der Waals surface area (Å²) < 4.78 is 5.24. The second-order valence-corrected chi connectivity index (χ2v) is 5.11. The molecule has 0 unspecified atom stereocenters. The number of nitrogens with zero attached hydrogens (tertiary/aromatic N) is 1. The molecular formula is C15H17N3O2. The monoisotopic (exact) mass is 271 g/mol. The van der Waals surface area contributed by atoms with Crippen LogP contribution in [-0.4, -0.2) is 17.6 Å². The van der Waals surface area contributed by atoms with E-state index in [1.165, 1.54) is 5.56 Å². The summed E-state index contributed by atoms with van der Waals surface area (Å²) in [5.41, 5.74) is 4.37. The minimum absolute atomic E-state index is 0.220. The summed E-state index contributed by atoms with van der Waals surface area (Å²) in [6, 6.07) is 5.84. The summed E-state index contributed by atoms with van der Waals surface area (Å²) in [5.74, 6) is 0.593. The number of hydrogen-bond donors (Lipinski definition) is 2. The number of benzene rings is 1. The second kappa shape index (κ2) is 5.09. The minimum atomic E-state index is -0.220. The molecule has 1 aliphatic rings. The zero-order chi connectivity index (χ0) is 14.1. The van der Waals surface area contributed by atoms with Crippen molar-refractivity contribution in [3.8, 4) is 0 Å². The van der Waals surface area contributed by atoms with Gasteiger partial charge >= 0.3 is 0 Å². The lowest BCUT2D eigenvalue weighted by Crippen LogP contribution is -2.25. The van der Waals surface area contributed by atoms with E-state index in [0.717, 1.165) is 35.5 Å². The Kier molecular flexibility index (Phi) is 3.28. The molecule has 5 nitrogen and oxygen atoms in total. The van der Waals surface area contributed by atoms with E-state index in [0.29, 0.717) is 12.2 Å². The van der Waals surface area contributed by atoms with Crippen LogP contribution in [0, 0.1) is 13.8 Å². The van der Waals surface area contributed by atoms with E-state index in [1.54, 1.807) is 0 Å². The molecule has 3 rings (SSSR count). The van der Waals surface area contributed by atoms with Crippen LogP contribution < -0.4 is 10.6 Å². The van der Waals surface area contributed by atoms with Gasteiger partial charge in [-0.3, -0.25) is 4.79 Å². The van der Waals surface area contributed by atoms with Gasteiger partial charge in [0.15, 0.2) is 5.69 Å². The number of anilines is 1. The lowest BCUT2D eigenvalue weighted by molar-refractivity contribution is 0.101. The number of nitrogens with one attached hydrogen (secondary N) is 2. The maximum absolute atomic E-state index is 12.3. The highest BCUT2D eigenvalue weighted by molar-refractivity contribution is 6.04. The fraction of sp³-hybridized carbons (Fsp3) is 0.333. The Hall–Kier alpha value is -2.14. The first-order valence-electron chi connectivity index (χ1n) is 6.72. The Morgan fingerprint density at radius 1 is 1.35 bits per heavy atom. The van der Waals surface area contributed by atoms with E-state index >= 15 is 0 Å². The minimum Gasteiger partial charge on any atom is -0.360 e. The molecule has 1 amide bonds. The quantitative estimate of drug-likeness (QED) is 0.878. The molecule has 1 aromatic carbocycles. The zero-order valence-electron chi connectivity index (χ0n) is 11.6. The third-order valence-corrected chi connectivity index (χ3v) is 3.68. The van der Waals surface area contributed by atoms with Crippen molar-refractivity contribution >= 4 is 11.6 Å². The molecule has 0 aliphatic carbocycles. The summed E-state index contributed by atoms with van der Waals surface area (Å²) in [7, 11) is 0. The van der Waals surface area contributed by atoms with Gasteiger partial charge in [-0.15, -0.1) is 0 Å². The zero-order valence-corrected chi connectivity index (χ0v) is 11.6. The summed E-state index contributed by atoms with van der Waals surface area (Å²) in [5, 5.41) is 10.0. The number of fused-ring (bicyclic) bond motifs is 1. The van der Waals surface area contributed by atoms with Gasteiger partial charge in [-0.05, 0) is 37.1 Å². The number of aromatic nitrogens is 1. The lowest BCUT2D eigenvalue weighted by atomic mass is 10.1. The van der Waals surface area contributed by atoms with Gasteiger partial charge in [-0.1, -0.05) is 11.2 Å².